The van der Waals surface area contributed by atoms with Crippen molar-refractivity contribution in [3.8, 4) is 11.5 Å². The van der Waals surface area contributed by atoms with E-state index in [4.69, 9.17) is 32.7 Å². The van der Waals surface area contributed by atoms with Crippen LogP contribution in [-0.2, 0) is 16.1 Å². The number of amides is 3. The topological polar surface area (TPSA) is 84.9 Å². The van der Waals surface area contributed by atoms with Crippen molar-refractivity contribution in [2.45, 2.75) is 20.4 Å². The van der Waals surface area contributed by atoms with E-state index >= 15 is 0 Å². The lowest BCUT2D eigenvalue weighted by molar-refractivity contribution is -0.123. The molecule has 0 unspecified atom stereocenters. The van der Waals surface area contributed by atoms with E-state index in [0.29, 0.717) is 28.6 Å². The first kappa shape index (κ1) is 27.6. The summed E-state index contributed by atoms with van der Waals surface area (Å²) in [5.74, 6) is -0.286. The van der Waals surface area contributed by atoms with Crippen LogP contribution in [0.3, 0.4) is 0 Å². The maximum atomic E-state index is 12.9. The molecule has 3 aromatic rings. The number of nitrogens with zero attached hydrogens (tertiary/aromatic N) is 1. The first-order valence-corrected chi connectivity index (χ1v) is 13.3. The first-order chi connectivity index (χ1) is 18.2. The van der Waals surface area contributed by atoms with Crippen molar-refractivity contribution in [2.75, 3.05) is 18.5 Å². The van der Waals surface area contributed by atoms with Crippen LogP contribution in [0.1, 0.15) is 23.6 Å². The zero-order chi connectivity index (χ0) is 27.2. The zero-order valence-corrected chi connectivity index (χ0v) is 23.0. The van der Waals surface area contributed by atoms with Crippen molar-refractivity contribution in [3.05, 3.63) is 92.3 Å². The molecule has 1 saturated heterocycles. The van der Waals surface area contributed by atoms with Crippen LogP contribution in [0.25, 0.3) is 6.08 Å². The number of anilines is 1. The Hall–Kier alpha value is -3.46. The number of ether oxygens (including phenoxy) is 2. The summed E-state index contributed by atoms with van der Waals surface area (Å²) in [4.78, 5) is 39.3. The lowest BCUT2D eigenvalue weighted by Crippen LogP contribution is -2.27. The molecule has 0 aromatic heterocycles. The van der Waals surface area contributed by atoms with E-state index in [2.05, 4.69) is 5.32 Å². The molecule has 0 spiro atoms. The molecule has 0 aliphatic carbocycles. The van der Waals surface area contributed by atoms with E-state index in [0.717, 1.165) is 22.9 Å². The van der Waals surface area contributed by atoms with E-state index in [1.54, 1.807) is 43.3 Å². The molecule has 1 aliphatic heterocycles. The Labute approximate surface area is 234 Å². The second kappa shape index (κ2) is 12.4. The van der Waals surface area contributed by atoms with Gasteiger partial charge in [-0.25, -0.2) is 0 Å². The van der Waals surface area contributed by atoms with Gasteiger partial charge in [0.25, 0.3) is 17.1 Å². The molecule has 0 bridgehead atoms. The highest BCUT2D eigenvalue weighted by atomic mass is 35.5. The lowest BCUT2D eigenvalue weighted by Gasteiger charge is -2.15. The summed E-state index contributed by atoms with van der Waals surface area (Å²) >= 11 is 13.5. The fraction of sp³-hybridized carbons (Fsp3) is 0.179. The van der Waals surface area contributed by atoms with Crippen LogP contribution in [0.15, 0.2) is 65.6 Å². The Morgan fingerprint density at radius 1 is 1.03 bits per heavy atom. The summed E-state index contributed by atoms with van der Waals surface area (Å²) in [5, 5.41) is 3.11. The van der Waals surface area contributed by atoms with Crippen LogP contribution in [0.2, 0.25) is 10.0 Å². The summed E-state index contributed by atoms with van der Waals surface area (Å²) < 4.78 is 11.4. The lowest BCUT2D eigenvalue weighted by atomic mass is 10.1. The number of rotatable bonds is 9. The van der Waals surface area contributed by atoms with Gasteiger partial charge in [0.2, 0.25) is 0 Å². The van der Waals surface area contributed by atoms with Crippen LogP contribution in [0.4, 0.5) is 10.5 Å². The summed E-state index contributed by atoms with van der Waals surface area (Å²) in [7, 11) is 0. The largest absolute Gasteiger partial charge is 0.490 e. The van der Waals surface area contributed by atoms with Gasteiger partial charge in [-0.05, 0) is 72.6 Å². The quantitative estimate of drug-likeness (QED) is 0.280. The van der Waals surface area contributed by atoms with E-state index in [-0.39, 0.29) is 40.0 Å². The number of carbonyl (C=O) groups is 3. The van der Waals surface area contributed by atoms with Gasteiger partial charge in [-0.1, -0.05) is 59.6 Å². The number of nitrogens with one attached hydrogen (secondary N) is 1. The predicted molar refractivity (Wildman–Crippen MR) is 151 cm³/mol. The van der Waals surface area contributed by atoms with Crippen LogP contribution >= 0.6 is 35.0 Å². The number of carbonyl (C=O) groups excluding carboxylic acids is 3. The molecule has 1 N–H and O–H groups in total. The standard InChI is InChI=1S/C28H24Cl2N2O5S/c1-3-36-23-12-19(13-24-27(34)32(28(35)38-24)15-18-7-5-4-6-8-18)11-22(30)26(23)37-16-25(33)31-20-10-9-17(2)21(29)14-20/h4-14H,3,15-16H2,1-2H3,(H,31,33)/b24-13-. The fourth-order valence-corrected chi connectivity index (χ4v) is 4.93. The van der Waals surface area contributed by atoms with Gasteiger partial charge in [0.05, 0.1) is 23.1 Å². The molecule has 0 atom stereocenters. The minimum atomic E-state index is -0.403. The molecule has 196 valence electrons. The Bertz CT molecular complexity index is 1410. The van der Waals surface area contributed by atoms with Gasteiger partial charge in [-0.15, -0.1) is 0 Å². The molecule has 10 heteroatoms. The minimum absolute atomic E-state index is 0.192. The highest BCUT2D eigenvalue weighted by molar-refractivity contribution is 8.18. The average Bonchev–Trinajstić information content (AvgIpc) is 3.14. The van der Waals surface area contributed by atoms with Gasteiger partial charge in [0, 0.05) is 10.7 Å². The Morgan fingerprint density at radius 3 is 2.50 bits per heavy atom. The van der Waals surface area contributed by atoms with Gasteiger partial charge in [-0.2, -0.15) is 0 Å². The number of hydrogen-bond donors (Lipinski definition) is 1. The number of halogens is 2. The molecular formula is C28H24Cl2N2O5S. The van der Waals surface area contributed by atoms with Crippen molar-refractivity contribution in [3.63, 3.8) is 0 Å². The van der Waals surface area contributed by atoms with Gasteiger partial charge in [0.15, 0.2) is 18.1 Å². The summed E-state index contributed by atoms with van der Waals surface area (Å²) in [6.45, 7) is 3.86. The normalized spacial score (nSPS) is 14.2. The van der Waals surface area contributed by atoms with Gasteiger partial charge in [0.1, 0.15) is 0 Å². The van der Waals surface area contributed by atoms with Crippen molar-refractivity contribution in [1.29, 1.82) is 0 Å². The minimum Gasteiger partial charge on any atom is -0.490 e. The van der Waals surface area contributed by atoms with Gasteiger partial charge >= 0.3 is 0 Å². The molecule has 4 rings (SSSR count). The van der Waals surface area contributed by atoms with Crippen molar-refractivity contribution in [1.82, 2.24) is 4.90 Å². The zero-order valence-electron chi connectivity index (χ0n) is 20.6. The Morgan fingerprint density at radius 2 is 1.79 bits per heavy atom. The maximum Gasteiger partial charge on any atom is 0.293 e. The maximum absolute atomic E-state index is 12.9. The molecule has 1 heterocycles. The third-order valence-electron chi connectivity index (χ3n) is 5.49. The molecule has 3 amide bonds. The first-order valence-electron chi connectivity index (χ1n) is 11.7. The molecule has 1 fully saturated rings. The highest BCUT2D eigenvalue weighted by Crippen LogP contribution is 2.39. The van der Waals surface area contributed by atoms with Crippen molar-refractivity contribution < 1.29 is 23.9 Å². The van der Waals surface area contributed by atoms with Crippen molar-refractivity contribution >= 4 is 63.8 Å². The fourth-order valence-electron chi connectivity index (χ4n) is 3.63. The number of benzene rings is 3. The molecule has 1 aliphatic rings. The van der Waals surface area contributed by atoms with E-state index in [9.17, 15) is 14.4 Å². The summed E-state index contributed by atoms with van der Waals surface area (Å²) in [6, 6.07) is 17.7. The Kier molecular flexibility index (Phi) is 8.99. The number of aryl methyl sites for hydroxylation is 1. The van der Waals surface area contributed by atoms with E-state index in [1.165, 1.54) is 4.90 Å². The van der Waals surface area contributed by atoms with Crippen LogP contribution in [0.5, 0.6) is 11.5 Å². The van der Waals surface area contributed by atoms with E-state index < -0.39 is 5.91 Å². The predicted octanol–water partition coefficient (Wildman–Crippen LogP) is 6.95. The van der Waals surface area contributed by atoms with Crippen LogP contribution < -0.4 is 14.8 Å². The number of thioether (sulfide) groups is 1. The molecule has 3 aromatic carbocycles. The molecule has 7 nitrogen and oxygen atoms in total. The van der Waals surface area contributed by atoms with Gasteiger partial charge in [-0.3, -0.25) is 19.3 Å². The second-order valence-corrected chi connectivity index (χ2v) is 10.1. The monoisotopic (exact) mass is 570 g/mol. The number of imide groups is 1. The smallest absolute Gasteiger partial charge is 0.293 e. The average molecular weight is 571 g/mol. The van der Waals surface area contributed by atoms with Crippen LogP contribution in [0, 0.1) is 6.92 Å². The SMILES string of the molecule is CCOc1cc(/C=C2\SC(=O)N(Cc3ccccc3)C2=O)cc(Cl)c1OCC(=O)Nc1ccc(C)c(Cl)c1. The summed E-state index contributed by atoms with van der Waals surface area (Å²) in [5.41, 5.74) is 2.85. The third kappa shape index (κ3) is 6.69. The second-order valence-electron chi connectivity index (χ2n) is 8.32. The van der Waals surface area contributed by atoms with Crippen molar-refractivity contribution in [2.24, 2.45) is 0 Å². The molecule has 0 saturated carbocycles. The summed E-state index contributed by atoms with van der Waals surface area (Å²) in [6.07, 6.45) is 1.59. The van der Waals surface area contributed by atoms with Gasteiger partial charge < -0.3 is 14.8 Å². The number of hydrogen-bond acceptors (Lipinski definition) is 6. The third-order valence-corrected chi connectivity index (χ3v) is 7.09. The molecular weight excluding hydrogens is 547 g/mol. The molecule has 38 heavy (non-hydrogen) atoms. The Balaban J connectivity index is 1.48. The highest BCUT2D eigenvalue weighted by Gasteiger charge is 2.35. The van der Waals surface area contributed by atoms with E-state index in [1.807, 2.05) is 37.3 Å². The van der Waals surface area contributed by atoms with Crippen LogP contribution in [-0.4, -0.2) is 35.2 Å². The molecule has 0 radical (unpaired) electrons.